The van der Waals surface area contributed by atoms with Gasteiger partial charge in [-0.1, -0.05) is 25.1 Å². The molecule has 0 spiro atoms. The summed E-state index contributed by atoms with van der Waals surface area (Å²) in [6.07, 6.45) is -0.935. The van der Waals surface area contributed by atoms with E-state index in [4.69, 9.17) is 23.0 Å². The highest BCUT2D eigenvalue weighted by Gasteiger charge is 2.48. The number of hydrogen-bond donors (Lipinski definition) is 1. The van der Waals surface area contributed by atoms with Crippen molar-refractivity contribution in [3.63, 3.8) is 0 Å². The fourth-order valence-corrected chi connectivity index (χ4v) is 4.88. The van der Waals surface area contributed by atoms with E-state index >= 15 is 0 Å². The molecule has 1 N–H and O–H groups in total. The number of rotatable bonds is 7. The first-order chi connectivity index (χ1) is 15.8. The Bertz CT molecular complexity index is 1200. The zero-order valence-corrected chi connectivity index (χ0v) is 18.5. The van der Waals surface area contributed by atoms with Crippen LogP contribution in [0.1, 0.15) is 41.9 Å². The van der Waals surface area contributed by atoms with Gasteiger partial charge in [-0.25, -0.2) is 14.2 Å². The van der Waals surface area contributed by atoms with Crippen LogP contribution in [0.15, 0.2) is 40.1 Å². The van der Waals surface area contributed by atoms with Crippen molar-refractivity contribution in [2.75, 3.05) is 13.2 Å². The van der Waals surface area contributed by atoms with Gasteiger partial charge < -0.3 is 9.47 Å². The minimum Gasteiger partial charge on any atom is -0.462 e. The molecule has 2 aliphatic heterocycles. The number of benzene rings is 1. The van der Waals surface area contributed by atoms with Crippen molar-refractivity contribution >= 4 is 13.8 Å². The number of nitrogens with zero attached hydrogens (tertiary/aromatic N) is 1. The third-order valence-electron chi connectivity index (χ3n) is 5.13. The van der Waals surface area contributed by atoms with Gasteiger partial charge in [-0.05, 0) is 18.1 Å². The average molecular weight is 484 g/mol. The lowest BCUT2D eigenvalue weighted by molar-refractivity contribution is -0.0731. The summed E-state index contributed by atoms with van der Waals surface area (Å²) in [4.78, 5) is 37.3. The summed E-state index contributed by atoms with van der Waals surface area (Å²) >= 11 is 0. The van der Waals surface area contributed by atoms with Gasteiger partial charge in [-0.3, -0.25) is 27.9 Å². The van der Waals surface area contributed by atoms with Crippen LogP contribution >= 0.6 is 7.82 Å². The van der Waals surface area contributed by atoms with Gasteiger partial charge in [0.2, 0.25) is 5.82 Å². The maximum Gasteiger partial charge on any atom is 0.475 e. The monoisotopic (exact) mass is 484 g/mol. The molecule has 11 nitrogen and oxygen atoms in total. The quantitative estimate of drug-likeness (QED) is 0.464. The zero-order valence-electron chi connectivity index (χ0n) is 17.6. The molecule has 33 heavy (non-hydrogen) atoms. The van der Waals surface area contributed by atoms with Crippen LogP contribution in [0.5, 0.6) is 0 Å². The summed E-state index contributed by atoms with van der Waals surface area (Å²) in [5, 5.41) is 0. The first-order valence-corrected chi connectivity index (χ1v) is 11.7. The van der Waals surface area contributed by atoms with E-state index in [1.54, 1.807) is 24.3 Å². The first kappa shape index (κ1) is 23.5. The van der Waals surface area contributed by atoms with Crippen LogP contribution in [0.25, 0.3) is 0 Å². The van der Waals surface area contributed by atoms with Crippen LogP contribution in [0, 0.1) is 5.82 Å². The SMILES string of the molecule is CCCOC(=O)c1ccccc1COP1(=O)OC[C@H]2OC(n3cc(F)c(=O)[nH]c3=O)C[C@@H]2O1. The molecular weight excluding hydrogens is 462 g/mol. The summed E-state index contributed by atoms with van der Waals surface area (Å²) < 4.78 is 54.5. The predicted octanol–water partition coefficient (Wildman–Crippen LogP) is 2.27. The Kier molecular flexibility index (Phi) is 6.91. The largest absolute Gasteiger partial charge is 0.475 e. The normalized spacial score (nSPS) is 26.7. The number of esters is 1. The third kappa shape index (κ3) is 5.15. The number of carbonyl (C=O) groups excluding carboxylic acids is 1. The van der Waals surface area contributed by atoms with Crippen LogP contribution in [-0.2, 0) is 34.2 Å². The number of halogens is 1. The minimum atomic E-state index is -4.02. The van der Waals surface area contributed by atoms with Crippen molar-refractivity contribution in [1.29, 1.82) is 0 Å². The highest BCUT2D eigenvalue weighted by Crippen LogP contribution is 2.57. The molecule has 2 unspecified atom stereocenters. The fraction of sp³-hybridized carbons (Fsp3) is 0.450. The van der Waals surface area contributed by atoms with E-state index < -0.39 is 49.3 Å². The zero-order chi connectivity index (χ0) is 23.6. The van der Waals surface area contributed by atoms with Crippen LogP contribution in [0.4, 0.5) is 4.39 Å². The maximum absolute atomic E-state index is 13.6. The van der Waals surface area contributed by atoms with Gasteiger partial charge in [-0.2, -0.15) is 4.39 Å². The highest BCUT2D eigenvalue weighted by molar-refractivity contribution is 7.48. The molecule has 0 aliphatic carbocycles. The number of H-pyrrole nitrogens is 1. The Balaban J connectivity index is 1.42. The lowest BCUT2D eigenvalue weighted by Gasteiger charge is -2.29. The van der Waals surface area contributed by atoms with Crippen molar-refractivity contribution in [2.24, 2.45) is 0 Å². The van der Waals surface area contributed by atoms with Gasteiger partial charge >= 0.3 is 19.5 Å². The molecule has 0 bridgehead atoms. The number of aromatic nitrogens is 2. The molecule has 2 aromatic rings. The molecule has 4 atom stereocenters. The second-order valence-corrected chi connectivity index (χ2v) is 9.08. The molecule has 1 aromatic heterocycles. The minimum absolute atomic E-state index is 0.0483. The van der Waals surface area contributed by atoms with Crippen molar-refractivity contribution in [3.8, 4) is 0 Å². The molecule has 4 rings (SSSR count). The smallest absolute Gasteiger partial charge is 0.462 e. The van der Waals surface area contributed by atoms with Gasteiger partial charge in [-0.15, -0.1) is 0 Å². The van der Waals surface area contributed by atoms with Crippen LogP contribution in [-0.4, -0.2) is 40.9 Å². The fourth-order valence-electron chi connectivity index (χ4n) is 3.50. The molecule has 0 amide bonds. The number of phosphoric acid groups is 1. The van der Waals surface area contributed by atoms with Crippen molar-refractivity contribution in [3.05, 3.63) is 68.2 Å². The van der Waals surface area contributed by atoms with E-state index in [0.29, 0.717) is 12.0 Å². The van der Waals surface area contributed by atoms with Crippen molar-refractivity contribution < 1.29 is 36.8 Å². The molecule has 178 valence electrons. The maximum atomic E-state index is 13.6. The lowest BCUT2D eigenvalue weighted by Crippen LogP contribution is -2.34. The van der Waals surface area contributed by atoms with E-state index in [2.05, 4.69) is 0 Å². The second kappa shape index (κ2) is 9.70. The first-order valence-electron chi connectivity index (χ1n) is 10.3. The van der Waals surface area contributed by atoms with Crippen molar-refractivity contribution in [1.82, 2.24) is 9.55 Å². The highest BCUT2D eigenvalue weighted by atomic mass is 31.2. The number of hydrogen-bond acceptors (Lipinski definition) is 9. The summed E-state index contributed by atoms with van der Waals surface area (Å²) in [6.45, 7) is 1.76. The van der Waals surface area contributed by atoms with Gasteiger partial charge in [0.15, 0.2) is 0 Å². The molecule has 2 aliphatic rings. The molecule has 0 radical (unpaired) electrons. The molecule has 1 aromatic carbocycles. The summed E-state index contributed by atoms with van der Waals surface area (Å²) in [6, 6.07) is 6.57. The van der Waals surface area contributed by atoms with E-state index in [1.165, 1.54) is 0 Å². The molecule has 2 fully saturated rings. The number of phosphoric ester groups is 1. The number of nitrogens with one attached hydrogen (secondary N) is 1. The standard InChI is InChI=1S/C20H22FN2O9P/c1-2-7-28-19(25)13-6-4-3-5-12(13)10-29-33(27)30-11-16-15(32-33)8-17(31-16)23-9-14(21)18(24)22-20(23)26/h3-6,9,15-17H,2,7-8,10-11H2,1H3,(H,22,24,26)/t15-,16+,17?,33?/m0/s1. The Morgan fingerprint density at radius 3 is 2.88 bits per heavy atom. The Hall–Kier alpha value is -2.63. The lowest BCUT2D eigenvalue weighted by atomic mass is 10.1. The Morgan fingerprint density at radius 2 is 2.09 bits per heavy atom. The molecule has 3 heterocycles. The summed E-state index contributed by atoms with van der Waals surface area (Å²) in [5.74, 6) is -1.67. The molecule has 0 saturated carbocycles. The Labute approximate surface area is 187 Å². The van der Waals surface area contributed by atoms with Gasteiger partial charge in [0.05, 0.1) is 31.6 Å². The second-order valence-electron chi connectivity index (χ2n) is 7.46. The van der Waals surface area contributed by atoms with E-state index in [9.17, 15) is 23.3 Å². The van der Waals surface area contributed by atoms with Crippen LogP contribution in [0.3, 0.4) is 0 Å². The number of ether oxygens (including phenoxy) is 2. The van der Waals surface area contributed by atoms with Crippen LogP contribution in [0.2, 0.25) is 0 Å². The molecule has 2 saturated heterocycles. The number of fused-ring (bicyclic) bond motifs is 1. The predicted molar refractivity (Wildman–Crippen MR) is 110 cm³/mol. The average Bonchev–Trinajstić information content (AvgIpc) is 3.21. The molecular formula is C20H22FN2O9P. The van der Waals surface area contributed by atoms with Crippen molar-refractivity contribution in [2.45, 2.75) is 44.8 Å². The number of carbonyl (C=O) groups is 1. The third-order valence-corrected chi connectivity index (χ3v) is 6.57. The topological polar surface area (TPSA) is 135 Å². The van der Waals surface area contributed by atoms with E-state index in [1.807, 2.05) is 11.9 Å². The van der Waals surface area contributed by atoms with Gasteiger partial charge in [0, 0.05) is 6.42 Å². The molecule has 13 heteroatoms. The summed E-state index contributed by atoms with van der Waals surface area (Å²) in [5.41, 5.74) is -1.27. The Morgan fingerprint density at radius 1 is 1.30 bits per heavy atom. The van der Waals surface area contributed by atoms with Gasteiger partial charge in [0.25, 0.3) is 5.56 Å². The number of aromatic amines is 1. The van der Waals surface area contributed by atoms with Crippen LogP contribution < -0.4 is 11.2 Å². The van der Waals surface area contributed by atoms with E-state index in [0.717, 1.165) is 10.8 Å². The summed E-state index contributed by atoms with van der Waals surface area (Å²) in [7, 11) is -4.02. The van der Waals surface area contributed by atoms with E-state index in [-0.39, 0.29) is 31.8 Å². The van der Waals surface area contributed by atoms with Gasteiger partial charge in [0.1, 0.15) is 18.4 Å².